The van der Waals surface area contributed by atoms with E-state index in [-0.39, 0.29) is 0 Å². The Hall–Kier alpha value is -2.00. The lowest BCUT2D eigenvalue weighted by Gasteiger charge is -2.08. The quantitative estimate of drug-likeness (QED) is 0.442. The van der Waals surface area contributed by atoms with Gasteiger partial charge in [-0.1, -0.05) is 51.2 Å². The molecule has 0 N–H and O–H groups in total. The lowest BCUT2D eigenvalue weighted by molar-refractivity contribution is 1.17. The van der Waals surface area contributed by atoms with Crippen molar-refractivity contribution in [1.29, 1.82) is 0 Å². The molecule has 3 heteroatoms. The number of halogens is 1. The van der Waals surface area contributed by atoms with E-state index in [1.807, 2.05) is 6.07 Å². The van der Waals surface area contributed by atoms with E-state index < -0.39 is 0 Å². The number of benzene rings is 3. The summed E-state index contributed by atoms with van der Waals surface area (Å²) in [6, 6.07) is 21.1. The number of aromatic nitrogens is 1. The van der Waals surface area contributed by atoms with Crippen LogP contribution in [0, 0.1) is 6.92 Å². The van der Waals surface area contributed by atoms with E-state index in [0.717, 1.165) is 15.6 Å². The lowest BCUT2D eigenvalue weighted by atomic mass is 9.94. The minimum Gasteiger partial charge on any atom is -0.309 e. The van der Waals surface area contributed by atoms with Crippen LogP contribution in [0.4, 0.5) is 0 Å². The number of fused-ring (bicyclic) bond motifs is 3. The number of rotatable bonds is 1. The van der Waals surface area contributed by atoms with Crippen LogP contribution in [0.15, 0.2) is 65.1 Å². The van der Waals surface area contributed by atoms with Gasteiger partial charge in [-0.2, -0.15) is 0 Å². The van der Waals surface area contributed by atoms with Crippen molar-refractivity contribution in [2.24, 2.45) is 0 Å². The van der Waals surface area contributed by atoms with Crippen molar-refractivity contribution in [3.63, 3.8) is 0 Å². The highest BCUT2D eigenvalue weighted by molar-refractivity contribution is 9.10. The van der Waals surface area contributed by atoms with Crippen LogP contribution in [0.2, 0.25) is 0 Å². The second kappa shape index (κ2) is 5.03. The van der Waals surface area contributed by atoms with E-state index in [4.69, 9.17) is 7.85 Å². The Labute approximate surface area is 139 Å². The van der Waals surface area contributed by atoms with Crippen LogP contribution >= 0.6 is 15.9 Å². The second-order valence-electron chi connectivity index (χ2n) is 5.61. The summed E-state index contributed by atoms with van der Waals surface area (Å²) in [4.78, 5) is 0. The molecule has 0 aliphatic rings. The third-order valence-corrected chi connectivity index (χ3v) is 4.54. The fourth-order valence-corrected chi connectivity index (χ4v) is 3.35. The molecule has 4 rings (SSSR count). The molecule has 0 spiro atoms. The van der Waals surface area contributed by atoms with Gasteiger partial charge in [0.1, 0.15) is 7.85 Å². The van der Waals surface area contributed by atoms with Gasteiger partial charge in [-0.05, 0) is 43.3 Å². The van der Waals surface area contributed by atoms with Crippen molar-refractivity contribution in [2.75, 3.05) is 0 Å². The van der Waals surface area contributed by atoms with Gasteiger partial charge in [0.25, 0.3) is 0 Å². The first kappa shape index (κ1) is 13.7. The maximum Gasteiger partial charge on any atom is 0.113 e. The molecule has 0 saturated heterocycles. The first-order chi connectivity index (χ1) is 10.6. The highest BCUT2D eigenvalue weighted by Crippen LogP contribution is 2.33. The summed E-state index contributed by atoms with van der Waals surface area (Å²) in [6.45, 7) is 2.10. The number of hydrogen-bond acceptors (Lipinski definition) is 0. The monoisotopic (exact) mass is 345 g/mol. The van der Waals surface area contributed by atoms with E-state index in [9.17, 15) is 0 Å². The fraction of sp³-hybridized carbons (Fsp3) is 0.0526. The Bertz CT molecular complexity index is 940. The third-order valence-electron chi connectivity index (χ3n) is 4.04. The normalized spacial score (nSPS) is 11.4. The zero-order valence-electron chi connectivity index (χ0n) is 12.2. The predicted octanol–water partition coefficient (Wildman–Crippen LogP) is 4.65. The fourth-order valence-electron chi connectivity index (χ4n) is 2.99. The van der Waals surface area contributed by atoms with Gasteiger partial charge < -0.3 is 4.57 Å². The van der Waals surface area contributed by atoms with Crippen LogP contribution < -0.4 is 5.46 Å². The van der Waals surface area contributed by atoms with Crippen molar-refractivity contribution in [2.45, 2.75) is 6.92 Å². The average Bonchev–Trinajstić information content (AvgIpc) is 2.81. The third kappa shape index (κ3) is 2.08. The Morgan fingerprint density at radius 2 is 1.45 bits per heavy atom. The molecule has 0 saturated carbocycles. The lowest BCUT2D eigenvalue weighted by Crippen LogP contribution is -2.00. The smallest absolute Gasteiger partial charge is 0.113 e. The van der Waals surface area contributed by atoms with Gasteiger partial charge in [0.05, 0.1) is 11.0 Å². The van der Waals surface area contributed by atoms with Gasteiger partial charge in [-0.3, -0.25) is 0 Å². The van der Waals surface area contributed by atoms with Crippen molar-refractivity contribution < 1.29 is 0 Å². The highest BCUT2D eigenvalue weighted by Gasteiger charge is 2.12. The molecular weight excluding hydrogens is 333 g/mol. The molecule has 2 radical (unpaired) electrons. The van der Waals surface area contributed by atoms with Crippen LogP contribution in [0.5, 0.6) is 0 Å². The first-order valence-corrected chi connectivity index (χ1v) is 7.99. The molecule has 1 aromatic heterocycles. The van der Waals surface area contributed by atoms with Gasteiger partial charge in [0, 0.05) is 20.9 Å². The molecule has 4 aromatic rings. The summed E-state index contributed by atoms with van der Waals surface area (Å²) in [7, 11) is 6.00. The molecule has 1 heterocycles. The number of hydrogen-bond donors (Lipinski definition) is 0. The molecule has 0 aliphatic heterocycles. The summed E-state index contributed by atoms with van der Waals surface area (Å²) in [5.74, 6) is 0. The minimum absolute atomic E-state index is 0.787. The molecule has 0 unspecified atom stereocenters. The zero-order valence-corrected chi connectivity index (χ0v) is 13.8. The van der Waals surface area contributed by atoms with Crippen molar-refractivity contribution in [3.05, 3.63) is 70.7 Å². The maximum atomic E-state index is 6.00. The molecular formula is C19H13BBrN. The van der Waals surface area contributed by atoms with Crippen LogP contribution in [-0.4, -0.2) is 12.4 Å². The molecule has 0 fully saturated rings. The van der Waals surface area contributed by atoms with E-state index in [2.05, 4.69) is 82.0 Å². The van der Waals surface area contributed by atoms with E-state index in [0.29, 0.717) is 0 Å². The largest absolute Gasteiger partial charge is 0.309 e. The Morgan fingerprint density at radius 1 is 0.818 bits per heavy atom. The number of nitrogens with zero attached hydrogens (tertiary/aromatic N) is 1. The Morgan fingerprint density at radius 3 is 2.18 bits per heavy atom. The van der Waals surface area contributed by atoms with E-state index >= 15 is 0 Å². The molecule has 0 aliphatic carbocycles. The first-order valence-electron chi connectivity index (χ1n) is 7.20. The van der Waals surface area contributed by atoms with Crippen LogP contribution in [0.25, 0.3) is 27.5 Å². The maximum absolute atomic E-state index is 6.00. The molecule has 104 valence electrons. The van der Waals surface area contributed by atoms with Gasteiger partial charge >= 0.3 is 0 Å². The summed E-state index contributed by atoms with van der Waals surface area (Å²) in [5.41, 5.74) is 5.57. The summed E-state index contributed by atoms with van der Waals surface area (Å²) in [5, 5.41) is 2.38. The summed E-state index contributed by atoms with van der Waals surface area (Å²) in [6.07, 6.45) is 0. The molecule has 1 nitrogen and oxygen atoms in total. The second-order valence-corrected chi connectivity index (χ2v) is 6.52. The van der Waals surface area contributed by atoms with Crippen molar-refractivity contribution in [1.82, 2.24) is 4.57 Å². The molecule has 0 atom stereocenters. The minimum atomic E-state index is 0.787. The van der Waals surface area contributed by atoms with Crippen molar-refractivity contribution in [3.8, 4) is 5.69 Å². The SMILES string of the molecule is [B]c1ccc2c(c1)c1cc(Br)ccc1n2-c1ccc(C)cc1. The number of aryl methyl sites for hydroxylation is 1. The summed E-state index contributed by atoms with van der Waals surface area (Å²) < 4.78 is 3.36. The van der Waals surface area contributed by atoms with Crippen LogP contribution in [0.1, 0.15) is 5.56 Å². The van der Waals surface area contributed by atoms with Gasteiger partial charge in [0.15, 0.2) is 0 Å². The Balaban J connectivity index is 2.17. The van der Waals surface area contributed by atoms with Crippen LogP contribution in [-0.2, 0) is 0 Å². The Kier molecular flexibility index (Phi) is 3.12. The van der Waals surface area contributed by atoms with E-state index in [1.165, 1.54) is 27.4 Å². The molecule has 0 bridgehead atoms. The molecule has 0 amide bonds. The van der Waals surface area contributed by atoms with Crippen LogP contribution in [0.3, 0.4) is 0 Å². The van der Waals surface area contributed by atoms with Gasteiger partial charge in [-0.25, -0.2) is 0 Å². The standard InChI is InChI=1S/C19H13BBrN/c1-12-2-6-15(7-3-12)22-18-8-4-13(20)10-16(18)17-11-14(21)5-9-19(17)22/h2-11H,1H3. The summed E-state index contributed by atoms with van der Waals surface area (Å²) >= 11 is 3.57. The van der Waals surface area contributed by atoms with Gasteiger partial charge in [0.2, 0.25) is 0 Å². The molecule has 3 aromatic carbocycles. The molecule has 22 heavy (non-hydrogen) atoms. The highest BCUT2D eigenvalue weighted by atomic mass is 79.9. The van der Waals surface area contributed by atoms with Crippen molar-refractivity contribution >= 4 is 51.0 Å². The zero-order chi connectivity index (χ0) is 15.3. The average molecular weight is 346 g/mol. The van der Waals surface area contributed by atoms with E-state index in [1.54, 1.807) is 0 Å². The van der Waals surface area contributed by atoms with Gasteiger partial charge in [-0.15, -0.1) is 0 Å². The topological polar surface area (TPSA) is 4.93 Å². The predicted molar refractivity (Wildman–Crippen MR) is 98.6 cm³/mol.